The van der Waals surface area contributed by atoms with Gasteiger partial charge < -0.3 is 27.9 Å². The number of hydrogen-bond donors (Lipinski definition) is 0. The van der Waals surface area contributed by atoms with E-state index >= 15 is 0 Å². The first-order chi connectivity index (χ1) is 23.6. The van der Waals surface area contributed by atoms with Crippen LogP contribution in [-0.4, -0.2) is 70.7 Å². The molecule has 0 aromatic carbocycles. The van der Waals surface area contributed by atoms with E-state index in [9.17, 15) is 14.3 Å². The number of carbonyl (C=O) groups excluding carboxylic acids is 1. The van der Waals surface area contributed by atoms with Gasteiger partial charge in [0.2, 0.25) is 0 Å². The number of esters is 1. The Labute approximate surface area is 303 Å². The second kappa shape index (κ2) is 34.3. The van der Waals surface area contributed by atoms with Crippen molar-refractivity contribution in [3.8, 4) is 0 Å². The highest BCUT2D eigenvalue weighted by Crippen LogP contribution is 2.38. The van der Waals surface area contributed by atoms with Gasteiger partial charge in [-0.2, -0.15) is 0 Å². The number of unbranched alkanes of at least 4 members (excludes halogenated alkanes) is 22. The Balaban J connectivity index is 4.22. The summed E-state index contributed by atoms with van der Waals surface area (Å²) >= 11 is 0. The lowest BCUT2D eigenvalue weighted by Crippen LogP contribution is -2.37. The molecule has 0 rings (SSSR count). The van der Waals surface area contributed by atoms with Crippen molar-refractivity contribution in [2.75, 3.05) is 54.1 Å². The van der Waals surface area contributed by atoms with Crippen LogP contribution in [0.5, 0.6) is 0 Å². The van der Waals surface area contributed by atoms with Gasteiger partial charge in [-0.25, -0.2) is 0 Å². The maximum Gasteiger partial charge on any atom is 0.306 e. The summed E-state index contributed by atoms with van der Waals surface area (Å²) in [6.45, 7) is 5.39. The van der Waals surface area contributed by atoms with E-state index < -0.39 is 13.9 Å². The van der Waals surface area contributed by atoms with Crippen LogP contribution in [0.1, 0.15) is 181 Å². The van der Waals surface area contributed by atoms with Crippen molar-refractivity contribution < 1.29 is 37.3 Å². The molecule has 2 atom stereocenters. The summed E-state index contributed by atoms with van der Waals surface area (Å²) in [6.07, 6.45) is 35.0. The molecule has 49 heavy (non-hydrogen) atoms. The number of rotatable bonds is 38. The van der Waals surface area contributed by atoms with Gasteiger partial charge in [-0.1, -0.05) is 154 Å². The van der Waals surface area contributed by atoms with E-state index in [1.807, 2.05) is 21.1 Å². The van der Waals surface area contributed by atoms with Gasteiger partial charge in [-0.3, -0.25) is 9.36 Å². The summed E-state index contributed by atoms with van der Waals surface area (Å²) in [4.78, 5) is 24.9. The number of likely N-dealkylation sites (N-methyl/N-ethyl adjacent to an activating group) is 1. The van der Waals surface area contributed by atoms with Crippen LogP contribution >= 0.6 is 7.82 Å². The first-order valence-corrected chi connectivity index (χ1v) is 21.9. The number of allylic oxidation sites excluding steroid dienone is 2. The van der Waals surface area contributed by atoms with Crippen molar-refractivity contribution in [3.63, 3.8) is 0 Å². The molecule has 1 unspecified atom stereocenters. The van der Waals surface area contributed by atoms with Crippen LogP contribution in [0, 0.1) is 0 Å². The van der Waals surface area contributed by atoms with E-state index in [4.69, 9.17) is 18.5 Å². The van der Waals surface area contributed by atoms with Crippen LogP contribution < -0.4 is 4.89 Å². The summed E-state index contributed by atoms with van der Waals surface area (Å²) in [5.74, 6) is -0.342. The van der Waals surface area contributed by atoms with Gasteiger partial charge in [0.15, 0.2) is 0 Å². The molecule has 0 bridgehead atoms. The number of ether oxygens (including phenoxy) is 2. The molecular formula is C40H80NO7P. The lowest BCUT2D eigenvalue weighted by atomic mass is 10.0. The minimum Gasteiger partial charge on any atom is -0.756 e. The normalized spacial score (nSPS) is 14.0. The number of nitrogens with zero attached hydrogens (tertiary/aromatic N) is 1. The highest BCUT2D eigenvalue weighted by atomic mass is 31.2. The van der Waals surface area contributed by atoms with Crippen LogP contribution in [0.15, 0.2) is 12.2 Å². The number of quaternary nitrogens is 1. The predicted molar refractivity (Wildman–Crippen MR) is 204 cm³/mol. The average Bonchev–Trinajstić information content (AvgIpc) is 3.04. The second-order valence-electron chi connectivity index (χ2n) is 15.0. The number of phosphoric ester groups is 1. The third kappa shape index (κ3) is 38.3. The van der Waals surface area contributed by atoms with E-state index in [0.717, 1.165) is 44.9 Å². The van der Waals surface area contributed by atoms with Crippen LogP contribution in [0.2, 0.25) is 0 Å². The largest absolute Gasteiger partial charge is 0.756 e. The minimum atomic E-state index is -4.51. The molecule has 0 radical (unpaired) electrons. The molecule has 0 spiro atoms. The molecule has 0 N–H and O–H groups in total. The highest BCUT2D eigenvalue weighted by molar-refractivity contribution is 7.45. The molecule has 0 aliphatic carbocycles. The van der Waals surface area contributed by atoms with E-state index in [1.54, 1.807) is 0 Å². The van der Waals surface area contributed by atoms with Gasteiger partial charge in [0, 0.05) is 13.0 Å². The zero-order valence-electron chi connectivity index (χ0n) is 32.9. The smallest absolute Gasteiger partial charge is 0.306 e. The van der Waals surface area contributed by atoms with E-state index in [2.05, 4.69) is 26.0 Å². The minimum absolute atomic E-state index is 0.0274. The molecule has 0 aromatic rings. The Hall–Kier alpha value is -0.760. The quantitative estimate of drug-likeness (QED) is 0.0206. The summed E-state index contributed by atoms with van der Waals surface area (Å²) in [7, 11) is 1.36. The molecule has 0 aliphatic heterocycles. The molecule has 8 nitrogen and oxygen atoms in total. The lowest BCUT2D eigenvalue weighted by Gasteiger charge is -2.28. The number of carbonyl (C=O) groups is 1. The van der Waals surface area contributed by atoms with Gasteiger partial charge in [0.05, 0.1) is 34.4 Å². The fraction of sp³-hybridized carbons (Fsp3) is 0.925. The van der Waals surface area contributed by atoms with Crippen molar-refractivity contribution in [2.24, 2.45) is 0 Å². The van der Waals surface area contributed by atoms with Crippen LogP contribution in [0.4, 0.5) is 0 Å². The molecule has 0 amide bonds. The summed E-state index contributed by atoms with van der Waals surface area (Å²) in [6, 6.07) is 0. The van der Waals surface area contributed by atoms with Crippen LogP contribution in [0.25, 0.3) is 0 Å². The fourth-order valence-electron chi connectivity index (χ4n) is 5.59. The van der Waals surface area contributed by atoms with Gasteiger partial charge in [-0.15, -0.1) is 0 Å². The lowest BCUT2D eigenvalue weighted by molar-refractivity contribution is -0.870. The molecule has 0 aliphatic rings. The number of phosphoric acid groups is 1. The highest BCUT2D eigenvalue weighted by Gasteiger charge is 2.20. The molecule has 0 saturated heterocycles. The molecule has 0 heterocycles. The average molecular weight is 718 g/mol. The molecule has 292 valence electrons. The third-order valence-electron chi connectivity index (χ3n) is 8.82. The molecule has 0 saturated carbocycles. The Morgan fingerprint density at radius 2 is 1.08 bits per heavy atom. The molecule has 9 heteroatoms. The van der Waals surface area contributed by atoms with Crippen molar-refractivity contribution in [1.29, 1.82) is 0 Å². The van der Waals surface area contributed by atoms with Gasteiger partial charge in [0.1, 0.15) is 19.3 Å². The maximum atomic E-state index is 12.6. The van der Waals surface area contributed by atoms with E-state index in [-0.39, 0.29) is 25.8 Å². The van der Waals surface area contributed by atoms with Crippen molar-refractivity contribution in [2.45, 2.75) is 187 Å². The van der Waals surface area contributed by atoms with Crippen molar-refractivity contribution in [1.82, 2.24) is 0 Å². The summed E-state index contributed by atoms with van der Waals surface area (Å²) < 4.78 is 34.5. The summed E-state index contributed by atoms with van der Waals surface area (Å²) in [5.41, 5.74) is 0. The Morgan fingerprint density at radius 1 is 0.612 bits per heavy atom. The molecule has 0 aromatic heterocycles. The monoisotopic (exact) mass is 718 g/mol. The second-order valence-corrected chi connectivity index (χ2v) is 16.4. The predicted octanol–water partition coefficient (Wildman–Crippen LogP) is 10.9. The van der Waals surface area contributed by atoms with Gasteiger partial charge in [0.25, 0.3) is 7.82 Å². The third-order valence-corrected chi connectivity index (χ3v) is 9.78. The molecule has 0 fully saturated rings. The van der Waals surface area contributed by atoms with Gasteiger partial charge in [-0.05, 0) is 32.1 Å². The number of hydrogen-bond acceptors (Lipinski definition) is 7. The van der Waals surface area contributed by atoms with Crippen LogP contribution in [0.3, 0.4) is 0 Å². The first-order valence-electron chi connectivity index (χ1n) is 20.4. The Morgan fingerprint density at radius 3 is 1.61 bits per heavy atom. The van der Waals surface area contributed by atoms with Crippen LogP contribution in [-0.2, 0) is 27.9 Å². The van der Waals surface area contributed by atoms with E-state index in [1.165, 1.54) is 116 Å². The standard InChI is InChI=1S/C40H80NO7P/c1-6-8-10-12-14-16-18-19-20-21-22-24-26-28-30-32-35-45-37-39(38-47-49(43,44)46-36-34-41(3,4)5)48-40(42)33-31-29-27-25-23-17-15-13-11-9-7-2/h13,15,39H,6-12,14,16-38H2,1-5H3/b15-13-/t39-/m1/s1. The zero-order chi connectivity index (χ0) is 36.3. The van der Waals surface area contributed by atoms with Crippen molar-refractivity contribution in [3.05, 3.63) is 12.2 Å². The van der Waals surface area contributed by atoms with Gasteiger partial charge >= 0.3 is 5.97 Å². The van der Waals surface area contributed by atoms with E-state index in [0.29, 0.717) is 24.1 Å². The Bertz CT molecular complexity index is 802. The SMILES string of the molecule is CCCC/C=C\CCCCCCCC(=O)O[C@H](COCCCCCCCCCCCCCCCCCC)COP(=O)([O-])OCC[N+](C)(C)C. The van der Waals surface area contributed by atoms with Crippen molar-refractivity contribution >= 4 is 13.8 Å². The summed E-state index contributed by atoms with van der Waals surface area (Å²) in [5, 5.41) is 0. The maximum absolute atomic E-state index is 12.6. The Kier molecular flexibility index (Phi) is 33.8. The first kappa shape index (κ1) is 48.2. The fourth-order valence-corrected chi connectivity index (χ4v) is 6.31. The molecular weight excluding hydrogens is 637 g/mol. The zero-order valence-corrected chi connectivity index (χ0v) is 33.8. The topological polar surface area (TPSA) is 94.1 Å².